The molecule has 1 rings (SSSR count). The lowest BCUT2D eigenvalue weighted by molar-refractivity contribution is 0.380. The predicted octanol–water partition coefficient (Wildman–Crippen LogP) is 3.20. The number of hydrogen-bond donors (Lipinski definition) is 0. The van der Waals surface area contributed by atoms with Gasteiger partial charge in [-0.05, 0) is 11.6 Å². The normalized spacial score (nSPS) is 11.9. The lowest BCUT2D eigenvalue weighted by Gasteiger charge is -2.25. The second-order valence-electron chi connectivity index (χ2n) is 4.77. The summed E-state index contributed by atoms with van der Waals surface area (Å²) in [4.78, 5) is 0. The minimum atomic E-state index is 0.245. The minimum absolute atomic E-state index is 0.245. The van der Waals surface area contributed by atoms with Gasteiger partial charge in [-0.2, -0.15) is 0 Å². The summed E-state index contributed by atoms with van der Waals surface area (Å²) in [5, 5.41) is 1.38. The average Bonchev–Trinajstić information content (AvgIpc) is 2.38. The highest BCUT2D eigenvalue weighted by molar-refractivity contribution is 7.49. The van der Waals surface area contributed by atoms with Gasteiger partial charge < -0.3 is 14.2 Å². The third-order valence-electron chi connectivity index (χ3n) is 3.06. The fraction of sp³-hybridized carbons (Fsp3) is 0.571. The van der Waals surface area contributed by atoms with E-state index in [4.69, 9.17) is 14.2 Å². The minimum Gasteiger partial charge on any atom is -0.496 e. The summed E-state index contributed by atoms with van der Waals surface area (Å²) in [5.74, 6) is 2.43. The predicted molar refractivity (Wildman–Crippen MR) is 78.4 cm³/mol. The van der Waals surface area contributed by atoms with Gasteiger partial charge in [0.2, 0.25) is 0 Å². The van der Waals surface area contributed by atoms with Crippen molar-refractivity contribution in [2.24, 2.45) is 0 Å². The summed E-state index contributed by atoms with van der Waals surface area (Å²) in [6.07, 6.45) is 1.11. The summed E-state index contributed by atoms with van der Waals surface area (Å²) in [6.45, 7) is 6.72. The van der Waals surface area contributed by atoms with Gasteiger partial charge in [-0.25, -0.2) is 0 Å². The zero-order valence-electron chi connectivity index (χ0n) is 12.1. The van der Waals surface area contributed by atoms with Crippen molar-refractivity contribution in [1.82, 2.24) is 0 Å². The number of ether oxygens (including phenoxy) is 3. The molecule has 0 saturated heterocycles. The molecule has 0 aliphatic carbocycles. The Labute approximate surface area is 112 Å². The molecule has 1 atom stereocenters. The van der Waals surface area contributed by atoms with Crippen LogP contribution in [0.2, 0.25) is 0 Å². The fourth-order valence-corrected chi connectivity index (χ4v) is 3.00. The van der Waals surface area contributed by atoms with Crippen molar-refractivity contribution in [2.75, 3.05) is 21.3 Å². The highest BCUT2D eigenvalue weighted by Crippen LogP contribution is 2.40. The van der Waals surface area contributed by atoms with E-state index in [2.05, 4.69) is 20.8 Å². The Morgan fingerprint density at radius 1 is 1.00 bits per heavy atom. The van der Waals surface area contributed by atoms with Crippen molar-refractivity contribution in [3.05, 3.63) is 12.1 Å². The van der Waals surface area contributed by atoms with Crippen LogP contribution in [0.5, 0.6) is 17.2 Å². The second kappa shape index (κ2) is 6.29. The molecular weight excluding hydrogens is 247 g/mol. The molecule has 1 unspecified atom stereocenters. The van der Waals surface area contributed by atoms with Crippen LogP contribution in [0.1, 0.15) is 27.2 Å². The van der Waals surface area contributed by atoms with Crippen LogP contribution in [-0.4, -0.2) is 26.5 Å². The molecule has 0 fully saturated rings. The molecule has 0 N–H and O–H groups in total. The van der Waals surface area contributed by atoms with Gasteiger partial charge in [-0.3, -0.25) is 0 Å². The van der Waals surface area contributed by atoms with Crippen LogP contribution in [0.4, 0.5) is 0 Å². The lowest BCUT2D eigenvalue weighted by Crippen LogP contribution is -2.18. The van der Waals surface area contributed by atoms with Gasteiger partial charge in [-0.1, -0.05) is 29.4 Å². The Morgan fingerprint density at radius 3 is 1.83 bits per heavy atom. The van der Waals surface area contributed by atoms with Crippen LogP contribution in [0.15, 0.2) is 12.1 Å². The standard InChI is InChI=1S/C14H23O3P/c1-7-14(2,3)18-13-11(16-5)8-10(15-4)9-12(13)17-6/h8-9,18H,7H2,1-6H3. The van der Waals surface area contributed by atoms with Crippen LogP contribution in [0.25, 0.3) is 0 Å². The average molecular weight is 270 g/mol. The summed E-state index contributed by atoms with van der Waals surface area (Å²) in [7, 11) is 5.64. The van der Waals surface area contributed by atoms with Crippen molar-refractivity contribution in [3.63, 3.8) is 0 Å². The number of hydrogen-bond acceptors (Lipinski definition) is 3. The molecule has 0 saturated carbocycles. The molecule has 1 aromatic carbocycles. The van der Waals surface area contributed by atoms with Gasteiger partial charge in [0.05, 0.1) is 26.6 Å². The van der Waals surface area contributed by atoms with Crippen LogP contribution in [0.3, 0.4) is 0 Å². The third-order valence-corrected chi connectivity index (χ3v) is 4.84. The molecule has 0 heterocycles. The molecule has 0 aliphatic rings. The van der Waals surface area contributed by atoms with E-state index in [1.165, 1.54) is 0 Å². The van der Waals surface area contributed by atoms with Crippen LogP contribution in [-0.2, 0) is 0 Å². The maximum absolute atomic E-state index is 5.47. The van der Waals surface area contributed by atoms with E-state index >= 15 is 0 Å². The van der Waals surface area contributed by atoms with E-state index in [9.17, 15) is 0 Å². The first-order chi connectivity index (χ1) is 8.47. The van der Waals surface area contributed by atoms with E-state index in [1.54, 1.807) is 21.3 Å². The first-order valence-corrected chi connectivity index (χ1v) is 7.05. The summed E-state index contributed by atoms with van der Waals surface area (Å²) < 4.78 is 16.2. The maximum atomic E-state index is 5.47. The largest absolute Gasteiger partial charge is 0.496 e. The van der Waals surface area contributed by atoms with E-state index in [0.717, 1.165) is 29.0 Å². The van der Waals surface area contributed by atoms with Gasteiger partial charge >= 0.3 is 0 Å². The third kappa shape index (κ3) is 3.52. The van der Waals surface area contributed by atoms with E-state index < -0.39 is 0 Å². The quantitative estimate of drug-likeness (QED) is 0.743. The zero-order chi connectivity index (χ0) is 13.8. The molecule has 0 bridgehead atoms. The molecular formula is C14H23O3P. The van der Waals surface area contributed by atoms with Crippen molar-refractivity contribution in [3.8, 4) is 17.2 Å². The zero-order valence-corrected chi connectivity index (χ0v) is 13.1. The molecule has 0 aliphatic heterocycles. The Hall–Kier alpha value is -0.950. The van der Waals surface area contributed by atoms with Crippen molar-refractivity contribution < 1.29 is 14.2 Å². The summed E-state index contributed by atoms with van der Waals surface area (Å²) in [6, 6.07) is 3.83. The van der Waals surface area contributed by atoms with Crippen LogP contribution in [0, 0.1) is 0 Å². The highest BCUT2D eigenvalue weighted by Gasteiger charge is 2.22. The highest BCUT2D eigenvalue weighted by atomic mass is 31.1. The smallest absolute Gasteiger partial charge is 0.133 e. The Bertz CT molecular complexity index is 377. The number of benzene rings is 1. The molecule has 0 amide bonds. The van der Waals surface area contributed by atoms with Gasteiger partial charge in [0, 0.05) is 12.1 Å². The molecule has 1 aromatic rings. The van der Waals surface area contributed by atoms with E-state index in [1.807, 2.05) is 12.1 Å². The molecule has 4 heteroatoms. The lowest BCUT2D eigenvalue weighted by atomic mass is 10.1. The van der Waals surface area contributed by atoms with Gasteiger partial charge in [0.1, 0.15) is 17.2 Å². The molecule has 18 heavy (non-hydrogen) atoms. The number of methoxy groups -OCH3 is 3. The summed E-state index contributed by atoms with van der Waals surface area (Å²) >= 11 is 0. The molecule has 0 spiro atoms. The molecule has 0 radical (unpaired) electrons. The van der Waals surface area contributed by atoms with Crippen molar-refractivity contribution >= 4 is 13.9 Å². The van der Waals surface area contributed by atoms with Gasteiger partial charge in [0.25, 0.3) is 0 Å². The first-order valence-electron chi connectivity index (χ1n) is 6.05. The molecule has 102 valence electrons. The van der Waals surface area contributed by atoms with Crippen LogP contribution >= 0.6 is 8.58 Å². The van der Waals surface area contributed by atoms with Crippen molar-refractivity contribution in [1.29, 1.82) is 0 Å². The Morgan fingerprint density at radius 2 is 1.50 bits per heavy atom. The topological polar surface area (TPSA) is 27.7 Å². The SMILES string of the molecule is CCC(C)(C)Pc1c(OC)cc(OC)cc1OC. The Balaban J connectivity index is 3.23. The fourth-order valence-electron chi connectivity index (χ4n) is 1.56. The summed E-state index contributed by atoms with van der Waals surface area (Å²) in [5.41, 5.74) is 0. The Kier molecular flexibility index (Phi) is 5.28. The van der Waals surface area contributed by atoms with Gasteiger partial charge in [-0.15, -0.1) is 0 Å². The van der Waals surface area contributed by atoms with E-state index in [-0.39, 0.29) is 5.16 Å². The number of rotatable bonds is 6. The first kappa shape index (κ1) is 15.1. The van der Waals surface area contributed by atoms with Gasteiger partial charge in [0.15, 0.2) is 0 Å². The van der Waals surface area contributed by atoms with Crippen molar-refractivity contribution in [2.45, 2.75) is 32.3 Å². The molecule has 3 nitrogen and oxygen atoms in total. The maximum Gasteiger partial charge on any atom is 0.133 e. The van der Waals surface area contributed by atoms with Crippen LogP contribution < -0.4 is 19.5 Å². The molecule has 0 aromatic heterocycles. The van der Waals surface area contributed by atoms with E-state index in [0.29, 0.717) is 8.58 Å². The monoisotopic (exact) mass is 270 g/mol. The second-order valence-corrected chi connectivity index (χ2v) is 6.87.